The molecule has 1 amide bonds. The fourth-order valence-corrected chi connectivity index (χ4v) is 2.63. The summed E-state index contributed by atoms with van der Waals surface area (Å²) in [4.78, 5) is 26.5. The number of carbonyl (C=O) groups excluding carboxylic acids is 1. The number of nitrogens with two attached hydrogens (primary N) is 1. The van der Waals surface area contributed by atoms with Crippen molar-refractivity contribution in [3.63, 3.8) is 0 Å². The van der Waals surface area contributed by atoms with Crippen LogP contribution in [0.4, 0.5) is 0 Å². The second-order valence-corrected chi connectivity index (χ2v) is 5.72. The van der Waals surface area contributed by atoms with Gasteiger partial charge in [-0.1, -0.05) is 0 Å². The minimum Gasteiger partial charge on any atom is -0.480 e. The first kappa shape index (κ1) is 16.3. The van der Waals surface area contributed by atoms with Crippen molar-refractivity contribution in [3.8, 4) is 0 Å². The number of thioether (sulfide) groups is 1. The Hall–Kier alpha value is -0.790. The summed E-state index contributed by atoms with van der Waals surface area (Å²) in [5.74, 6) is 0.0500. The van der Waals surface area contributed by atoms with E-state index in [4.69, 9.17) is 10.8 Å². The van der Waals surface area contributed by atoms with Gasteiger partial charge in [-0.2, -0.15) is 11.8 Å². The number of aliphatic carboxylic acids is 1. The Kier molecular flexibility index (Phi) is 7.19. The molecule has 1 saturated heterocycles. The first-order chi connectivity index (χ1) is 9.04. The van der Waals surface area contributed by atoms with E-state index in [1.165, 1.54) is 0 Å². The highest BCUT2D eigenvalue weighted by molar-refractivity contribution is 7.98. The van der Waals surface area contributed by atoms with Crippen molar-refractivity contribution < 1.29 is 14.7 Å². The number of nitrogens with zero attached hydrogens (tertiary/aromatic N) is 2. The maximum Gasteiger partial charge on any atom is 0.317 e. The number of rotatable bonds is 6. The van der Waals surface area contributed by atoms with Gasteiger partial charge in [0.1, 0.15) is 0 Å². The summed E-state index contributed by atoms with van der Waals surface area (Å²) in [7, 11) is 0. The number of hydrogen-bond donors (Lipinski definition) is 2. The predicted molar refractivity (Wildman–Crippen MR) is 76.2 cm³/mol. The Balaban J connectivity index is 2.43. The molecular weight excluding hydrogens is 266 g/mol. The fourth-order valence-electron chi connectivity index (χ4n) is 2.14. The lowest BCUT2D eigenvalue weighted by Crippen LogP contribution is -2.45. The molecule has 0 saturated carbocycles. The normalized spacial score (nSPS) is 18.9. The highest BCUT2D eigenvalue weighted by atomic mass is 32.2. The van der Waals surface area contributed by atoms with Crippen LogP contribution in [0.2, 0.25) is 0 Å². The zero-order valence-electron chi connectivity index (χ0n) is 11.4. The fraction of sp³-hybridized carbons (Fsp3) is 0.833. The molecule has 0 radical (unpaired) electrons. The Morgan fingerprint density at radius 3 is 2.68 bits per heavy atom. The number of carboxylic acids is 1. The van der Waals surface area contributed by atoms with Crippen molar-refractivity contribution in [2.45, 2.75) is 18.9 Å². The van der Waals surface area contributed by atoms with E-state index in [0.717, 1.165) is 18.7 Å². The molecule has 0 aromatic rings. The second kappa shape index (κ2) is 8.39. The first-order valence-electron chi connectivity index (χ1n) is 6.52. The van der Waals surface area contributed by atoms with Crippen LogP contribution in [-0.2, 0) is 9.59 Å². The Bertz CT molecular complexity index is 315. The number of hydrogen-bond acceptors (Lipinski definition) is 5. The lowest BCUT2D eigenvalue weighted by atomic mass is 10.2. The lowest BCUT2D eigenvalue weighted by molar-refractivity contribution is -0.138. The average molecular weight is 289 g/mol. The monoisotopic (exact) mass is 289 g/mol. The van der Waals surface area contributed by atoms with E-state index in [0.29, 0.717) is 26.1 Å². The summed E-state index contributed by atoms with van der Waals surface area (Å²) in [5, 5.41) is 8.77. The molecule has 7 heteroatoms. The molecule has 110 valence electrons. The molecular formula is C12H23N3O3S. The Morgan fingerprint density at radius 1 is 1.32 bits per heavy atom. The molecule has 1 fully saturated rings. The highest BCUT2D eigenvalue weighted by Gasteiger charge is 2.23. The standard InChI is InChI=1S/C12H23N3O3S/c1-19-8-3-10(13)12(18)15-5-2-4-14(6-7-15)9-11(16)17/h10H,2-9,13H2,1H3,(H,16,17)/t10-/m0/s1. The van der Waals surface area contributed by atoms with Crippen LogP contribution in [0.5, 0.6) is 0 Å². The van der Waals surface area contributed by atoms with Gasteiger partial charge in [0.15, 0.2) is 0 Å². The van der Waals surface area contributed by atoms with Gasteiger partial charge in [-0.25, -0.2) is 0 Å². The van der Waals surface area contributed by atoms with Crippen LogP contribution in [0.15, 0.2) is 0 Å². The summed E-state index contributed by atoms with van der Waals surface area (Å²) >= 11 is 1.68. The molecule has 0 unspecified atom stereocenters. The molecule has 1 heterocycles. The molecule has 0 spiro atoms. The van der Waals surface area contributed by atoms with E-state index in [9.17, 15) is 9.59 Å². The second-order valence-electron chi connectivity index (χ2n) is 4.74. The topological polar surface area (TPSA) is 86.9 Å². The maximum atomic E-state index is 12.1. The van der Waals surface area contributed by atoms with Crippen molar-refractivity contribution in [1.29, 1.82) is 0 Å². The largest absolute Gasteiger partial charge is 0.480 e. The zero-order chi connectivity index (χ0) is 14.3. The molecule has 19 heavy (non-hydrogen) atoms. The van der Waals surface area contributed by atoms with Crippen LogP contribution in [0.1, 0.15) is 12.8 Å². The quantitative estimate of drug-likeness (QED) is 0.697. The first-order valence-corrected chi connectivity index (χ1v) is 7.91. The third-order valence-corrected chi connectivity index (χ3v) is 3.85. The number of amides is 1. The van der Waals surface area contributed by atoms with E-state index in [2.05, 4.69) is 0 Å². The van der Waals surface area contributed by atoms with Gasteiger partial charge in [-0.05, 0) is 24.9 Å². The van der Waals surface area contributed by atoms with Crippen molar-refractivity contribution >= 4 is 23.6 Å². The molecule has 1 aliphatic heterocycles. The number of carboxylic acid groups (broad SMARTS) is 1. The molecule has 1 aliphatic rings. The van der Waals surface area contributed by atoms with Gasteiger partial charge in [0.2, 0.25) is 5.91 Å². The third-order valence-electron chi connectivity index (χ3n) is 3.21. The molecule has 0 aromatic carbocycles. The molecule has 3 N–H and O–H groups in total. The van der Waals surface area contributed by atoms with Crippen molar-refractivity contribution in [2.24, 2.45) is 5.73 Å². The number of carbonyl (C=O) groups is 2. The molecule has 0 aromatic heterocycles. The lowest BCUT2D eigenvalue weighted by Gasteiger charge is -2.24. The summed E-state index contributed by atoms with van der Waals surface area (Å²) in [6.07, 6.45) is 3.48. The van der Waals surface area contributed by atoms with Gasteiger partial charge < -0.3 is 15.7 Å². The van der Waals surface area contributed by atoms with Crippen LogP contribution in [0, 0.1) is 0 Å². The molecule has 0 bridgehead atoms. The van der Waals surface area contributed by atoms with E-state index >= 15 is 0 Å². The smallest absolute Gasteiger partial charge is 0.317 e. The zero-order valence-corrected chi connectivity index (χ0v) is 12.2. The molecule has 0 aliphatic carbocycles. The van der Waals surface area contributed by atoms with Crippen LogP contribution in [-0.4, -0.2) is 77.6 Å². The summed E-state index contributed by atoms with van der Waals surface area (Å²) in [6, 6.07) is -0.432. The summed E-state index contributed by atoms with van der Waals surface area (Å²) in [6.45, 7) is 2.60. The van der Waals surface area contributed by atoms with Gasteiger partial charge in [-0.3, -0.25) is 14.5 Å². The van der Waals surface area contributed by atoms with Crippen molar-refractivity contribution in [3.05, 3.63) is 0 Å². The summed E-state index contributed by atoms with van der Waals surface area (Å²) < 4.78 is 0. The maximum absolute atomic E-state index is 12.1. The minimum absolute atomic E-state index is 0.00812. The highest BCUT2D eigenvalue weighted by Crippen LogP contribution is 2.07. The van der Waals surface area contributed by atoms with E-state index in [1.807, 2.05) is 11.2 Å². The van der Waals surface area contributed by atoms with Crippen LogP contribution < -0.4 is 5.73 Å². The average Bonchev–Trinajstić information content (AvgIpc) is 2.60. The van der Waals surface area contributed by atoms with Crippen LogP contribution >= 0.6 is 11.8 Å². The van der Waals surface area contributed by atoms with Gasteiger partial charge in [-0.15, -0.1) is 0 Å². The van der Waals surface area contributed by atoms with Gasteiger partial charge in [0.05, 0.1) is 12.6 Å². The third kappa shape index (κ3) is 5.80. The molecule has 1 rings (SSSR count). The van der Waals surface area contributed by atoms with Gasteiger partial charge in [0, 0.05) is 26.2 Å². The van der Waals surface area contributed by atoms with Gasteiger partial charge >= 0.3 is 5.97 Å². The van der Waals surface area contributed by atoms with Crippen LogP contribution in [0.3, 0.4) is 0 Å². The van der Waals surface area contributed by atoms with Crippen molar-refractivity contribution in [2.75, 3.05) is 44.7 Å². The van der Waals surface area contributed by atoms with Crippen molar-refractivity contribution in [1.82, 2.24) is 9.80 Å². The SMILES string of the molecule is CSCC[C@H](N)C(=O)N1CCCN(CC(=O)O)CC1. The van der Waals surface area contributed by atoms with E-state index < -0.39 is 12.0 Å². The Labute approximate surface area is 118 Å². The predicted octanol–water partition coefficient (Wildman–Crippen LogP) is -0.314. The van der Waals surface area contributed by atoms with E-state index in [1.54, 1.807) is 16.7 Å². The van der Waals surface area contributed by atoms with Gasteiger partial charge in [0.25, 0.3) is 0 Å². The molecule has 1 atom stereocenters. The minimum atomic E-state index is -0.823. The molecule has 6 nitrogen and oxygen atoms in total. The van der Waals surface area contributed by atoms with E-state index in [-0.39, 0.29) is 12.5 Å². The summed E-state index contributed by atoms with van der Waals surface area (Å²) in [5.41, 5.74) is 5.89. The Morgan fingerprint density at radius 2 is 2.05 bits per heavy atom. The van der Waals surface area contributed by atoms with Crippen LogP contribution in [0.25, 0.3) is 0 Å².